The number of aromatic nitrogens is 1. The van der Waals surface area contributed by atoms with E-state index in [9.17, 15) is 5.11 Å². The molecule has 1 heterocycles. The first-order valence-electron chi connectivity index (χ1n) is 8.34. The van der Waals surface area contributed by atoms with E-state index in [0.717, 1.165) is 12.8 Å². The first kappa shape index (κ1) is 14.5. The van der Waals surface area contributed by atoms with E-state index < -0.39 is 0 Å². The van der Waals surface area contributed by atoms with Crippen LogP contribution in [-0.4, -0.2) is 22.7 Å². The van der Waals surface area contributed by atoms with E-state index in [1.807, 2.05) is 6.92 Å². The van der Waals surface area contributed by atoms with Crippen LogP contribution in [0.25, 0.3) is 22.0 Å². The van der Waals surface area contributed by atoms with Crippen LogP contribution in [0.1, 0.15) is 30.6 Å². The lowest BCUT2D eigenvalue weighted by Gasteiger charge is -2.13. The topological polar surface area (TPSA) is 48.0 Å². The van der Waals surface area contributed by atoms with Gasteiger partial charge in [-0.3, -0.25) is 0 Å². The molecule has 0 unspecified atom stereocenters. The average molecular weight is 306 g/mol. The Bertz CT molecular complexity index is 820. The number of aliphatic hydroxyl groups excluding tert-OH is 1. The molecule has 3 aromatic rings. The molecule has 2 aromatic carbocycles. The van der Waals surface area contributed by atoms with Crippen LogP contribution >= 0.6 is 0 Å². The zero-order chi connectivity index (χ0) is 15.8. The fraction of sp³-hybridized carbons (Fsp3) is 0.300. The van der Waals surface area contributed by atoms with Gasteiger partial charge in [0.15, 0.2) is 0 Å². The Morgan fingerprint density at radius 2 is 2.00 bits per heavy atom. The summed E-state index contributed by atoms with van der Waals surface area (Å²) in [6.07, 6.45) is 1.87. The Hall–Kier alpha value is -2.10. The highest BCUT2D eigenvalue weighted by atomic mass is 16.3. The largest absolute Gasteiger partial charge is 0.392 e. The Labute approximate surface area is 136 Å². The molecule has 3 nitrogen and oxygen atoms in total. The zero-order valence-corrected chi connectivity index (χ0v) is 13.3. The second kappa shape index (κ2) is 5.84. The van der Waals surface area contributed by atoms with Gasteiger partial charge in [0.2, 0.25) is 0 Å². The van der Waals surface area contributed by atoms with Gasteiger partial charge in [0.05, 0.1) is 6.10 Å². The second-order valence-corrected chi connectivity index (χ2v) is 6.49. The van der Waals surface area contributed by atoms with Gasteiger partial charge >= 0.3 is 0 Å². The number of fused-ring (bicyclic) bond motifs is 3. The van der Waals surface area contributed by atoms with E-state index >= 15 is 0 Å². The predicted molar refractivity (Wildman–Crippen MR) is 94.5 cm³/mol. The molecule has 4 rings (SSSR count). The van der Waals surface area contributed by atoms with Crippen molar-refractivity contribution in [3.63, 3.8) is 0 Å². The highest BCUT2D eigenvalue weighted by Crippen LogP contribution is 2.37. The molecule has 0 amide bonds. The lowest BCUT2D eigenvalue weighted by Crippen LogP contribution is -2.27. The number of benzene rings is 2. The van der Waals surface area contributed by atoms with Gasteiger partial charge in [-0.2, -0.15) is 0 Å². The number of aromatic amines is 1. The van der Waals surface area contributed by atoms with E-state index in [1.165, 1.54) is 33.3 Å². The molecule has 0 saturated carbocycles. The van der Waals surface area contributed by atoms with Crippen molar-refractivity contribution in [2.24, 2.45) is 0 Å². The van der Waals surface area contributed by atoms with Crippen LogP contribution in [0.5, 0.6) is 0 Å². The van der Waals surface area contributed by atoms with E-state index in [0.29, 0.717) is 12.6 Å². The summed E-state index contributed by atoms with van der Waals surface area (Å²) in [7, 11) is 0. The minimum Gasteiger partial charge on any atom is -0.392 e. The van der Waals surface area contributed by atoms with Crippen molar-refractivity contribution in [2.45, 2.75) is 31.9 Å². The molecule has 1 aliphatic carbocycles. The second-order valence-electron chi connectivity index (χ2n) is 6.49. The highest BCUT2D eigenvalue weighted by molar-refractivity contribution is 5.89. The Morgan fingerprint density at radius 3 is 2.78 bits per heavy atom. The van der Waals surface area contributed by atoms with Gasteiger partial charge in [0.25, 0.3) is 0 Å². The Kier molecular flexibility index (Phi) is 3.68. The number of aryl methyl sites for hydroxylation is 1. The maximum atomic E-state index is 9.49. The number of nitrogens with one attached hydrogen (secondary N) is 2. The third-order valence-electron chi connectivity index (χ3n) is 4.74. The maximum Gasteiger partial charge on any atom is 0.0636 e. The molecule has 2 atom stereocenters. The Morgan fingerprint density at radius 1 is 1.17 bits per heavy atom. The van der Waals surface area contributed by atoms with Gasteiger partial charge in [-0.05, 0) is 48.6 Å². The van der Waals surface area contributed by atoms with E-state index in [-0.39, 0.29) is 6.10 Å². The van der Waals surface area contributed by atoms with Gasteiger partial charge < -0.3 is 15.4 Å². The third kappa shape index (κ3) is 2.67. The minimum absolute atomic E-state index is 0.312. The lowest BCUT2D eigenvalue weighted by molar-refractivity contribution is 0.186. The molecule has 0 aliphatic heterocycles. The van der Waals surface area contributed by atoms with Crippen LogP contribution in [-0.2, 0) is 6.42 Å². The van der Waals surface area contributed by atoms with Gasteiger partial charge in [0.1, 0.15) is 0 Å². The van der Waals surface area contributed by atoms with Crippen LogP contribution in [0, 0.1) is 0 Å². The summed E-state index contributed by atoms with van der Waals surface area (Å²) in [5, 5.41) is 14.3. The van der Waals surface area contributed by atoms with Crippen molar-refractivity contribution in [3.8, 4) is 11.1 Å². The summed E-state index contributed by atoms with van der Waals surface area (Å²) in [6, 6.07) is 17.5. The molecule has 0 bridgehead atoms. The van der Waals surface area contributed by atoms with Gasteiger partial charge in [0, 0.05) is 29.2 Å². The number of hydrogen-bond donors (Lipinski definition) is 3. The summed E-state index contributed by atoms with van der Waals surface area (Å²) in [6.45, 7) is 2.45. The molecular formula is C20H22N2O. The fourth-order valence-corrected chi connectivity index (χ4v) is 3.60. The first-order chi connectivity index (χ1) is 11.2. The summed E-state index contributed by atoms with van der Waals surface area (Å²) in [4.78, 5) is 3.58. The van der Waals surface area contributed by atoms with E-state index in [2.05, 4.69) is 58.8 Å². The van der Waals surface area contributed by atoms with Crippen LogP contribution in [0.3, 0.4) is 0 Å². The molecule has 3 heteroatoms. The highest BCUT2D eigenvalue weighted by Gasteiger charge is 2.26. The van der Waals surface area contributed by atoms with Crippen LogP contribution in [0.4, 0.5) is 0 Å². The van der Waals surface area contributed by atoms with E-state index in [4.69, 9.17) is 0 Å². The summed E-state index contributed by atoms with van der Waals surface area (Å²) in [5.41, 5.74) is 6.45. The number of H-pyrrole nitrogens is 1. The van der Waals surface area contributed by atoms with Crippen molar-refractivity contribution in [1.82, 2.24) is 10.3 Å². The molecule has 118 valence electrons. The predicted octanol–water partition coefficient (Wildman–Crippen LogP) is 3.79. The van der Waals surface area contributed by atoms with Crippen LogP contribution in [0.15, 0.2) is 48.5 Å². The Balaban J connectivity index is 1.71. The first-order valence-corrected chi connectivity index (χ1v) is 8.34. The molecule has 23 heavy (non-hydrogen) atoms. The van der Waals surface area contributed by atoms with Crippen LogP contribution < -0.4 is 5.32 Å². The summed E-state index contributed by atoms with van der Waals surface area (Å²) in [5.74, 6) is 0. The molecule has 3 N–H and O–H groups in total. The lowest BCUT2D eigenvalue weighted by atomic mass is 10.0. The summed E-state index contributed by atoms with van der Waals surface area (Å²) < 4.78 is 0. The quantitative estimate of drug-likeness (QED) is 0.687. The molecule has 0 radical (unpaired) electrons. The molecule has 0 saturated heterocycles. The third-order valence-corrected chi connectivity index (χ3v) is 4.74. The molecule has 1 aromatic heterocycles. The maximum absolute atomic E-state index is 9.49. The van der Waals surface area contributed by atoms with Crippen molar-refractivity contribution < 1.29 is 5.11 Å². The van der Waals surface area contributed by atoms with Crippen molar-refractivity contribution in [1.29, 1.82) is 0 Å². The van der Waals surface area contributed by atoms with Gasteiger partial charge in [-0.1, -0.05) is 36.4 Å². The normalized spacial score (nSPS) is 18.3. The van der Waals surface area contributed by atoms with Crippen LogP contribution in [0.2, 0.25) is 0 Å². The van der Waals surface area contributed by atoms with Crippen molar-refractivity contribution >= 4 is 10.9 Å². The molecule has 1 aliphatic rings. The van der Waals surface area contributed by atoms with Crippen molar-refractivity contribution in [2.75, 3.05) is 6.54 Å². The average Bonchev–Trinajstić information content (AvgIpc) is 3.12. The van der Waals surface area contributed by atoms with E-state index in [1.54, 1.807) is 0 Å². The van der Waals surface area contributed by atoms with Gasteiger partial charge in [-0.25, -0.2) is 0 Å². The van der Waals surface area contributed by atoms with Gasteiger partial charge in [-0.15, -0.1) is 0 Å². The standard InChI is InChI=1S/C20H22N2O/c1-13(23)12-21-19-10-8-16-17-11-15(14-5-3-2-4-6-14)7-9-18(17)22-20(16)19/h2-7,9,11,13,19,21-23H,8,10,12H2,1H3/t13-,19-/m0/s1. The fourth-order valence-electron chi connectivity index (χ4n) is 3.60. The SMILES string of the molecule is C[C@H](O)CN[C@H]1CCc2c1[nH]c1ccc(-c3ccccc3)cc21. The number of rotatable bonds is 4. The molecule has 0 spiro atoms. The number of hydrogen-bond acceptors (Lipinski definition) is 2. The molecule has 0 fully saturated rings. The van der Waals surface area contributed by atoms with Crippen molar-refractivity contribution in [3.05, 3.63) is 59.8 Å². The number of aliphatic hydroxyl groups is 1. The minimum atomic E-state index is -0.312. The zero-order valence-electron chi connectivity index (χ0n) is 13.3. The summed E-state index contributed by atoms with van der Waals surface area (Å²) >= 11 is 0. The monoisotopic (exact) mass is 306 g/mol. The smallest absolute Gasteiger partial charge is 0.0636 e. The molecular weight excluding hydrogens is 284 g/mol.